The van der Waals surface area contributed by atoms with Gasteiger partial charge in [0.1, 0.15) is 0 Å². The molecule has 2 aromatic rings. The van der Waals surface area contributed by atoms with Crippen LogP contribution in [0.25, 0.3) is 12.2 Å². The minimum atomic E-state index is -3.00. The van der Waals surface area contributed by atoms with Gasteiger partial charge in [-0.25, -0.2) is 0 Å². The Morgan fingerprint density at radius 3 is 1.21 bits per heavy atom. The first kappa shape index (κ1) is 28.6. The Bertz CT molecular complexity index is 1210. The van der Waals surface area contributed by atoms with Crippen molar-refractivity contribution >= 4 is 35.8 Å². The third-order valence-corrected chi connectivity index (χ3v) is 18.9. The van der Waals surface area contributed by atoms with E-state index in [0.717, 1.165) is 35.1 Å². The Hall–Kier alpha value is -2.43. The molecule has 4 N–H and O–H groups in total. The van der Waals surface area contributed by atoms with Crippen LogP contribution in [0.5, 0.6) is 0 Å². The number of rotatable bonds is 9. The van der Waals surface area contributed by atoms with Crippen molar-refractivity contribution in [3.8, 4) is 0 Å². The summed E-state index contributed by atoms with van der Waals surface area (Å²) in [5, 5.41) is 0. The Morgan fingerprint density at radius 1 is 0.579 bits per heavy atom. The number of carbonyl (C=O) groups is 4. The molecule has 0 fully saturated rings. The maximum atomic E-state index is 12.1. The molecular weight excluding hydrogens is 639 g/mol. The first-order chi connectivity index (χ1) is 18.1. The Balaban J connectivity index is 1.65. The van der Waals surface area contributed by atoms with Crippen molar-refractivity contribution in [3.05, 3.63) is 81.9 Å². The molecule has 8 nitrogen and oxygen atoms in total. The van der Waals surface area contributed by atoms with E-state index in [0.29, 0.717) is 0 Å². The number of nitrogens with one attached hydrogen (secondary N) is 4. The second-order valence-corrected chi connectivity index (χ2v) is 19.0. The predicted molar refractivity (Wildman–Crippen MR) is 139 cm³/mol. The number of hydrogen-bond donors (Lipinski definition) is 4. The van der Waals surface area contributed by atoms with Gasteiger partial charge >= 0.3 is 242 Å². The standard InChI is InChI=1S/C20H16.4C2H5NO.2Zr/c1-2-6-18-12-15(11-17(18)5-1)9-10-16-13-19-7-3-4-8-20(19)14-16;4*1-2(3)4;;/h1-8,11-14H,9-10H2;4*1H3,(H2,3,4);;/q;;;;;2*+2/p-4. The average molecular weight is 671 g/mol. The van der Waals surface area contributed by atoms with E-state index in [-0.39, 0.29) is 30.9 Å². The van der Waals surface area contributed by atoms with Crippen LogP contribution in [0.3, 0.4) is 0 Å². The summed E-state index contributed by atoms with van der Waals surface area (Å²) in [6.07, 6.45) is 5.89. The third kappa shape index (κ3) is 6.76. The second-order valence-electron chi connectivity index (χ2n) is 9.61. The van der Waals surface area contributed by atoms with Crippen molar-refractivity contribution in [1.82, 2.24) is 13.0 Å². The first-order valence-electron chi connectivity index (χ1n) is 12.6. The maximum absolute atomic E-state index is 12.1. The van der Waals surface area contributed by atoms with E-state index in [1.807, 2.05) is 24.3 Å². The van der Waals surface area contributed by atoms with Gasteiger partial charge in [0.2, 0.25) is 0 Å². The Kier molecular flexibility index (Phi) is 9.48. The van der Waals surface area contributed by atoms with Gasteiger partial charge in [-0.2, -0.15) is 0 Å². The van der Waals surface area contributed by atoms with Crippen LogP contribution >= 0.6 is 0 Å². The van der Waals surface area contributed by atoms with Gasteiger partial charge in [-0.15, -0.1) is 0 Å². The zero-order valence-electron chi connectivity index (χ0n) is 22.0. The molecule has 196 valence electrons. The number of fused-ring (bicyclic) bond motifs is 2. The average Bonchev–Trinajstić information content (AvgIpc) is 3.38. The predicted octanol–water partition coefficient (Wildman–Crippen LogP) is 3.48. The summed E-state index contributed by atoms with van der Waals surface area (Å²) in [5.74, 6) is -0.526. The van der Waals surface area contributed by atoms with Crippen LogP contribution in [0.1, 0.15) is 70.0 Å². The SMILES string of the molecule is CC(=O)[NH][Zr]([NH]C(C)=O)[CH]1C(CCC2=Cc3ccccc3[CH]2[Zr]([NH]C(C)=O)[NH]C(C)=O)=Cc2ccccc21. The Morgan fingerprint density at radius 2 is 0.895 bits per heavy atom. The molecule has 0 spiro atoms. The van der Waals surface area contributed by atoms with Gasteiger partial charge in [-0.3, -0.25) is 0 Å². The zero-order valence-corrected chi connectivity index (χ0v) is 26.9. The van der Waals surface area contributed by atoms with E-state index in [1.165, 1.54) is 38.8 Å². The third-order valence-electron chi connectivity index (χ3n) is 6.56. The van der Waals surface area contributed by atoms with Gasteiger partial charge in [-0.05, 0) is 0 Å². The van der Waals surface area contributed by atoms with Crippen LogP contribution in [0.2, 0.25) is 0 Å². The van der Waals surface area contributed by atoms with E-state index >= 15 is 0 Å². The Labute approximate surface area is 240 Å². The van der Waals surface area contributed by atoms with Crippen LogP contribution in [0.4, 0.5) is 0 Å². The molecule has 4 rings (SSSR count). The van der Waals surface area contributed by atoms with E-state index < -0.39 is 44.7 Å². The molecule has 38 heavy (non-hydrogen) atoms. The number of amides is 4. The topological polar surface area (TPSA) is 116 Å². The first-order valence-corrected chi connectivity index (χ1v) is 20.3. The molecule has 2 aliphatic rings. The quantitative estimate of drug-likeness (QED) is 0.327. The van der Waals surface area contributed by atoms with Gasteiger partial charge in [0.25, 0.3) is 0 Å². The van der Waals surface area contributed by atoms with Crippen molar-refractivity contribution in [2.75, 3.05) is 0 Å². The van der Waals surface area contributed by atoms with Gasteiger partial charge in [-0.1, -0.05) is 0 Å². The summed E-state index contributed by atoms with van der Waals surface area (Å²) in [6, 6.07) is 16.3. The van der Waals surface area contributed by atoms with Crippen molar-refractivity contribution in [2.24, 2.45) is 0 Å². The number of carbonyl (C=O) groups excluding carboxylic acids is 4. The van der Waals surface area contributed by atoms with Gasteiger partial charge in [0, 0.05) is 0 Å². The van der Waals surface area contributed by atoms with Crippen molar-refractivity contribution in [1.29, 1.82) is 0 Å². The van der Waals surface area contributed by atoms with Gasteiger partial charge < -0.3 is 0 Å². The molecule has 0 bridgehead atoms. The summed E-state index contributed by atoms with van der Waals surface area (Å²) >= 11 is -5.99. The molecule has 0 radical (unpaired) electrons. The number of hydrogen-bond acceptors (Lipinski definition) is 4. The van der Waals surface area contributed by atoms with Crippen molar-refractivity contribution < 1.29 is 63.8 Å². The summed E-state index contributed by atoms with van der Waals surface area (Å²) in [7, 11) is 0. The van der Waals surface area contributed by atoms with Gasteiger partial charge in [0.05, 0.1) is 0 Å². The van der Waals surface area contributed by atoms with Crippen molar-refractivity contribution in [2.45, 2.75) is 47.8 Å². The van der Waals surface area contributed by atoms with Crippen molar-refractivity contribution in [3.63, 3.8) is 0 Å². The molecule has 2 aliphatic carbocycles. The molecule has 0 saturated heterocycles. The molecule has 10 heteroatoms. The van der Waals surface area contributed by atoms with Crippen LogP contribution < -0.4 is 13.0 Å². The molecule has 4 amide bonds. The van der Waals surface area contributed by atoms with E-state index in [9.17, 15) is 19.2 Å². The van der Waals surface area contributed by atoms with Gasteiger partial charge in [0.15, 0.2) is 0 Å². The van der Waals surface area contributed by atoms with Crippen LogP contribution in [0, 0.1) is 0 Å². The number of benzene rings is 2. The molecule has 2 atom stereocenters. The van der Waals surface area contributed by atoms with E-state index in [1.54, 1.807) is 0 Å². The normalized spacial score (nSPS) is 16.8. The van der Waals surface area contributed by atoms with Crippen LogP contribution in [-0.4, -0.2) is 23.6 Å². The molecule has 0 aromatic heterocycles. The summed E-state index contributed by atoms with van der Waals surface area (Å²) < 4.78 is 12.5. The van der Waals surface area contributed by atoms with E-state index in [4.69, 9.17) is 0 Å². The fraction of sp³-hybridized carbons (Fsp3) is 0.286. The summed E-state index contributed by atoms with van der Waals surface area (Å²) in [4.78, 5) is 48.4. The molecule has 0 saturated carbocycles. The molecule has 2 aromatic carbocycles. The molecule has 0 heterocycles. The zero-order chi connectivity index (χ0) is 27.4. The summed E-state index contributed by atoms with van der Waals surface area (Å²) in [6.45, 7) is 5.98. The molecule has 2 unspecified atom stereocenters. The fourth-order valence-corrected chi connectivity index (χ4v) is 16.5. The second kappa shape index (κ2) is 12.6. The monoisotopic (exact) mass is 668 g/mol. The fourth-order valence-electron chi connectivity index (χ4n) is 5.29. The number of allylic oxidation sites excluding steroid dienone is 2. The van der Waals surface area contributed by atoms with Crippen LogP contribution in [-0.2, 0) is 63.8 Å². The van der Waals surface area contributed by atoms with Crippen LogP contribution in [0.15, 0.2) is 59.7 Å². The molecular formula is C28H32N4O4Zr2. The molecule has 0 aliphatic heterocycles. The summed E-state index contributed by atoms with van der Waals surface area (Å²) in [5.41, 5.74) is 6.92. The minimum absolute atomic E-state index is 0.00643. The van der Waals surface area contributed by atoms with E-state index in [2.05, 4.69) is 49.5 Å².